The Kier molecular flexibility index (Phi) is 2.57. The molecule has 0 bridgehead atoms. The van der Waals surface area contributed by atoms with Crippen LogP contribution < -0.4 is 0 Å². The van der Waals surface area contributed by atoms with Gasteiger partial charge in [-0.2, -0.15) is 0 Å². The van der Waals surface area contributed by atoms with Gasteiger partial charge in [-0.3, -0.25) is 4.40 Å². The van der Waals surface area contributed by atoms with Crippen molar-refractivity contribution in [2.75, 3.05) is 7.11 Å². The topological polar surface area (TPSA) is 76.7 Å². The number of rotatable bonds is 3. The zero-order valence-corrected chi connectivity index (χ0v) is 8.97. The number of hydrogen-bond acceptors (Lipinski definition) is 4. The quantitative estimate of drug-likeness (QED) is 0.832. The van der Waals surface area contributed by atoms with E-state index in [0.717, 1.165) is 5.69 Å². The molecule has 0 aromatic carbocycles. The summed E-state index contributed by atoms with van der Waals surface area (Å²) in [6.07, 6.45) is 0. The summed E-state index contributed by atoms with van der Waals surface area (Å²) < 4.78 is 6.80. The summed E-state index contributed by atoms with van der Waals surface area (Å²) in [6, 6.07) is 3.05. The Morgan fingerprint density at radius 3 is 2.88 bits per heavy atom. The molecule has 0 aliphatic carbocycles. The number of fused-ring (bicyclic) bond motifs is 1. The Hall–Kier alpha value is -1.95. The van der Waals surface area contributed by atoms with E-state index in [1.807, 2.05) is 0 Å². The molecule has 0 saturated heterocycles. The van der Waals surface area contributed by atoms with Gasteiger partial charge in [-0.15, -0.1) is 10.2 Å². The molecule has 0 amide bonds. The monoisotopic (exact) mass is 221 g/mol. The molecule has 0 aliphatic rings. The van der Waals surface area contributed by atoms with Gasteiger partial charge in [0.2, 0.25) is 0 Å². The molecule has 2 rings (SSSR count). The minimum atomic E-state index is -0.986. The van der Waals surface area contributed by atoms with Gasteiger partial charge in [0.15, 0.2) is 5.65 Å². The normalized spacial score (nSPS) is 10.9. The molecule has 6 nitrogen and oxygen atoms in total. The van der Waals surface area contributed by atoms with Crippen molar-refractivity contribution in [2.24, 2.45) is 0 Å². The third-order valence-corrected chi connectivity index (χ3v) is 2.28. The first kappa shape index (κ1) is 10.6. The van der Waals surface area contributed by atoms with Crippen molar-refractivity contribution in [1.82, 2.24) is 14.6 Å². The number of carbonyl (C=O) groups is 1. The lowest BCUT2D eigenvalue weighted by atomic mass is 10.2. The predicted molar refractivity (Wildman–Crippen MR) is 55.4 cm³/mol. The Bertz CT molecular complexity index is 547. The number of ether oxygens (including phenoxy) is 1. The molecular formula is C10H11N3O3. The lowest BCUT2D eigenvalue weighted by Gasteiger charge is -2.06. The van der Waals surface area contributed by atoms with E-state index < -0.39 is 5.97 Å². The van der Waals surface area contributed by atoms with Gasteiger partial charge >= 0.3 is 5.97 Å². The standard InChI is InChI=1S/C10H11N3O3/c1-6-11-12-9-4-7(10(14)15)3-8(5-16-2)13(6)9/h3-4H,5H2,1-2H3,(H,14,15). The third kappa shape index (κ3) is 1.63. The first-order chi connectivity index (χ1) is 7.63. The molecule has 2 aromatic rings. The highest BCUT2D eigenvalue weighted by atomic mass is 16.5. The summed E-state index contributed by atoms with van der Waals surface area (Å²) in [5.41, 5.74) is 1.43. The highest BCUT2D eigenvalue weighted by molar-refractivity contribution is 5.88. The van der Waals surface area contributed by atoms with Gasteiger partial charge in [-0.05, 0) is 19.1 Å². The lowest BCUT2D eigenvalue weighted by Crippen LogP contribution is -2.05. The third-order valence-electron chi connectivity index (χ3n) is 2.28. The number of carboxylic acids is 1. The van der Waals surface area contributed by atoms with Crippen LogP contribution in [-0.2, 0) is 11.3 Å². The minimum absolute atomic E-state index is 0.187. The Morgan fingerprint density at radius 2 is 2.25 bits per heavy atom. The maximum Gasteiger partial charge on any atom is 0.335 e. The van der Waals surface area contributed by atoms with Crippen LogP contribution >= 0.6 is 0 Å². The van der Waals surface area contributed by atoms with Crippen LogP contribution in [-0.4, -0.2) is 32.8 Å². The van der Waals surface area contributed by atoms with Gasteiger partial charge in [-0.25, -0.2) is 4.79 Å². The van der Waals surface area contributed by atoms with Crippen molar-refractivity contribution < 1.29 is 14.6 Å². The first-order valence-corrected chi connectivity index (χ1v) is 4.70. The molecule has 0 radical (unpaired) electrons. The van der Waals surface area contributed by atoms with Crippen LogP contribution in [0.3, 0.4) is 0 Å². The van der Waals surface area contributed by atoms with Crippen LogP contribution in [0.15, 0.2) is 12.1 Å². The second kappa shape index (κ2) is 3.90. The van der Waals surface area contributed by atoms with E-state index >= 15 is 0 Å². The zero-order chi connectivity index (χ0) is 11.7. The lowest BCUT2D eigenvalue weighted by molar-refractivity contribution is 0.0696. The maximum absolute atomic E-state index is 10.9. The molecule has 1 N–H and O–H groups in total. The summed E-state index contributed by atoms with van der Waals surface area (Å²) in [5, 5.41) is 16.7. The number of nitrogens with zero attached hydrogens (tertiary/aromatic N) is 3. The molecule has 16 heavy (non-hydrogen) atoms. The van der Waals surface area contributed by atoms with Crippen LogP contribution in [0.1, 0.15) is 21.9 Å². The fourth-order valence-electron chi connectivity index (χ4n) is 1.63. The second-order valence-corrected chi connectivity index (χ2v) is 3.41. The van der Waals surface area contributed by atoms with Gasteiger partial charge in [-0.1, -0.05) is 0 Å². The van der Waals surface area contributed by atoms with Crippen LogP contribution in [0, 0.1) is 6.92 Å². The maximum atomic E-state index is 10.9. The number of methoxy groups -OCH3 is 1. The van der Waals surface area contributed by atoms with E-state index in [1.54, 1.807) is 24.5 Å². The molecule has 84 valence electrons. The van der Waals surface area contributed by atoms with Crippen molar-refractivity contribution in [1.29, 1.82) is 0 Å². The van der Waals surface area contributed by atoms with Crippen molar-refractivity contribution in [3.05, 3.63) is 29.2 Å². The van der Waals surface area contributed by atoms with E-state index in [2.05, 4.69) is 10.2 Å². The van der Waals surface area contributed by atoms with Crippen molar-refractivity contribution >= 4 is 11.6 Å². The summed E-state index contributed by atoms with van der Waals surface area (Å²) >= 11 is 0. The number of hydrogen-bond donors (Lipinski definition) is 1. The molecule has 2 heterocycles. The van der Waals surface area contributed by atoms with Gasteiger partial charge in [0.1, 0.15) is 5.82 Å². The highest BCUT2D eigenvalue weighted by Crippen LogP contribution is 2.13. The average molecular weight is 221 g/mol. The number of pyridine rings is 1. The molecule has 0 atom stereocenters. The van der Waals surface area contributed by atoms with E-state index in [0.29, 0.717) is 18.1 Å². The van der Waals surface area contributed by atoms with Crippen molar-refractivity contribution in [3.63, 3.8) is 0 Å². The van der Waals surface area contributed by atoms with Gasteiger partial charge in [0.25, 0.3) is 0 Å². The van der Waals surface area contributed by atoms with E-state index in [4.69, 9.17) is 9.84 Å². The van der Waals surface area contributed by atoms with E-state index in [9.17, 15) is 4.79 Å². The SMILES string of the molecule is COCc1cc(C(=O)O)cc2nnc(C)n12. The average Bonchev–Trinajstić information content (AvgIpc) is 2.61. The van der Waals surface area contributed by atoms with Gasteiger partial charge in [0.05, 0.1) is 17.9 Å². The smallest absolute Gasteiger partial charge is 0.335 e. The second-order valence-electron chi connectivity index (χ2n) is 3.41. The molecule has 0 spiro atoms. The molecule has 0 saturated carbocycles. The largest absolute Gasteiger partial charge is 0.478 e. The zero-order valence-electron chi connectivity index (χ0n) is 8.97. The first-order valence-electron chi connectivity index (χ1n) is 4.70. The predicted octanol–water partition coefficient (Wildman–Crippen LogP) is 0.882. The summed E-state index contributed by atoms with van der Waals surface area (Å²) in [7, 11) is 1.55. The van der Waals surface area contributed by atoms with Gasteiger partial charge < -0.3 is 9.84 Å². The molecular weight excluding hydrogens is 210 g/mol. The fraction of sp³-hybridized carbons (Fsp3) is 0.300. The van der Waals surface area contributed by atoms with Crippen molar-refractivity contribution in [3.8, 4) is 0 Å². The summed E-state index contributed by atoms with van der Waals surface area (Å²) in [4.78, 5) is 10.9. The Balaban J connectivity index is 2.70. The molecule has 0 unspecified atom stereocenters. The molecule has 2 aromatic heterocycles. The Labute approximate surface area is 91.5 Å². The van der Waals surface area contributed by atoms with Gasteiger partial charge in [0, 0.05) is 7.11 Å². The molecule has 6 heteroatoms. The van der Waals surface area contributed by atoms with Crippen LogP contribution in [0.2, 0.25) is 0 Å². The summed E-state index contributed by atoms with van der Waals surface area (Å²) in [5.74, 6) is -0.278. The highest BCUT2D eigenvalue weighted by Gasteiger charge is 2.12. The van der Waals surface area contributed by atoms with E-state index in [1.165, 1.54) is 6.07 Å². The van der Waals surface area contributed by atoms with Crippen LogP contribution in [0.25, 0.3) is 5.65 Å². The molecule has 0 fully saturated rings. The van der Waals surface area contributed by atoms with Crippen LogP contribution in [0.4, 0.5) is 0 Å². The van der Waals surface area contributed by atoms with Crippen molar-refractivity contribution in [2.45, 2.75) is 13.5 Å². The number of aromatic carboxylic acids is 1. The Morgan fingerprint density at radius 1 is 1.50 bits per heavy atom. The number of carboxylic acid groups (broad SMARTS) is 1. The summed E-state index contributed by atoms with van der Waals surface area (Å²) in [6.45, 7) is 2.12. The van der Waals surface area contributed by atoms with Crippen LogP contribution in [0.5, 0.6) is 0 Å². The van der Waals surface area contributed by atoms with E-state index in [-0.39, 0.29) is 5.56 Å². The minimum Gasteiger partial charge on any atom is -0.478 e. The molecule has 0 aliphatic heterocycles. The number of aryl methyl sites for hydroxylation is 1. The number of aromatic nitrogens is 3. The fourth-order valence-corrected chi connectivity index (χ4v) is 1.63.